The van der Waals surface area contributed by atoms with Crippen molar-refractivity contribution in [2.45, 2.75) is 24.9 Å². The highest BCUT2D eigenvalue weighted by Crippen LogP contribution is 2.36. The highest BCUT2D eigenvalue weighted by atomic mass is 16.3. The quantitative estimate of drug-likeness (QED) is 0.710. The van der Waals surface area contributed by atoms with Crippen LogP contribution in [0.2, 0.25) is 0 Å². The molecular formula is C9H15N3O. The number of imidazole rings is 1. The molecule has 0 radical (unpaired) electrons. The molecule has 4 nitrogen and oxygen atoms in total. The van der Waals surface area contributed by atoms with Crippen molar-refractivity contribution in [2.24, 2.45) is 0 Å². The van der Waals surface area contributed by atoms with E-state index < -0.39 is 0 Å². The normalized spacial score (nSPS) is 18.9. The first-order chi connectivity index (χ1) is 6.36. The fourth-order valence-electron chi connectivity index (χ4n) is 1.58. The number of aliphatic hydroxyl groups excluding tert-OH is 1. The van der Waals surface area contributed by atoms with E-state index in [1.54, 1.807) is 0 Å². The summed E-state index contributed by atoms with van der Waals surface area (Å²) in [5.74, 6) is 0. The zero-order chi connectivity index (χ0) is 9.26. The minimum absolute atomic E-state index is 0.0168. The Labute approximate surface area is 77.6 Å². The lowest BCUT2D eigenvalue weighted by Gasteiger charge is -2.15. The number of aromatic nitrogens is 2. The van der Waals surface area contributed by atoms with Gasteiger partial charge in [-0.3, -0.25) is 0 Å². The van der Waals surface area contributed by atoms with Gasteiger partial charge < -0.3 is 15.0 Å². The van der Waals surface area contributed by atoms with Crippen molar-refractivity contribution in [3.8, 4) is 0 Å². The van der Waals surface area contributed by atoms with Crippen LogP contribution in [-0.2, 0) is 0 Å². The first kappa shape index (κ1) is 8.72. The van der Waals surface area contributed by atoms with Gasteiger partial charge >= 0.3 is 0 Å². The molecule has 1 aliphatic carbocycles. The van der Waals surface area contributed by atoms with Crippen LogP contribution in [0.15, 0.2) is 12.5 Å². The number of hydrogen-bond donors (Lipinski definition) is 2. The van der Waals surface area contributed by atoms with E-state index >= 15 is 0 Å². The lowest BCUT2D eigenvalue weighted by Crippen LogP contribution is -2.22. The Balaban J connectivity index is 2.21. The van der Waals surface area contributed by atoms with Crippen LogP contribution in [0.25, 0.3) is 0 Å². The molecule has 1 fully saturated rings. The Kier molecular flexibility index (Phi) is 2.33. The molecule has 13 heavy (non-hydrogen) atoms. The molecule has 0 bridgehead atoms. The molecule has 0 aliphatic heterocycles. The molecule has 1 unspecified atom stereocenters. The number of hydrogen-bond acceptors (Lipinski definition) is 3. The van der Waals surface area contributed by atoms with Crippen molar-refractivity contribution < 1.29 is 5.11 Å². The van der Waals surface area contributed by atoms with Crippen molar-refractivity contribution in [1.82, 2.24) is 14.9 Å². The van der Waals surface area contributed by atoms with Crippen LogP contribution in [0.5, 0.6) is 0 Å². The smallest absolute Gasteiger partial charge is 0.0951 e. The summed E-state index contributed by atoms with van der Waals surface area (Å²) in [6, 6.07) is 0.642. The van der Waals surface area contributed by atoms with Crippen LogP contribution >= 0.6 is 0 Å². The summed E-state index contributed by atoms with van der Waals surface area (Å²) in [6.45, 7) is 0.120. The van der Waals surface area contributed by atoms with E-state index in [2.05, 4.69) is 14.9 Å². The van der Waals surface area contributed by atoms with Crippen LogP contribution in [0, 0.1) is 0 Å². The maximum Gasteiger partial charge on any atom is 0.0951 e. The Morgan fingerprint density at radius 3 is 3.08 bits per heavy atom. The fraction of sp³-hybridized carbons (Fsp3) is 0.667. The Bertz CT molecular complexity index is 276. The number of likely N-dealkylation sites (N-methyl/N-ethyl adjacent to an activating group) is 1. The number of nitrogens with zero attached hydrogens (tertiary/aromatic N) is 2. The van der Waals surface area contributed by atoms with Gasteiger partial charge in [-0.1, -0.05) is 0 Å². The molecule has 1 aromatic heterocycles. The summed E-state index contributed by atoms with van der Waals surface area (Å²) in [5, 5.41) is 12.2. The van der Waals surface area contributed by atoms with E-state index in [-0.39, 0.29) is 12.6 Å². The SMILES string of the molecule is CNC(CO)c1cncn1C1CC1. The molecule has 1 saturated carbocycles. The number of aliphatic hydroxyl groups is 1. The van der Waals surface area contributed by atoms with E-state index in [1.807, 2.05) is 19.6 Å². The van der Waals surface area contributed by atoms with Crippen LogP contribution in [-0.4, -0.2) is 28.3 Å². The average molecular weight is 181 g/mol. The second-order valence-electron chi connectivity index (χ2n) is 3.48. The second-order valence-corrected chi connectivity index (χ2v) is 3.48. The van der Waals surface area contributed by atoms with Gasteiger partial charge in [0, 0.05) is 12.2 Å². The summed E-state index contributed by atoms with van der Waals surface area (Å²) in [4.78, 5) is 4.11. The molecule has 0 aromatic carbocycles. The summed E-state index contributed by atoms with van der Waals surface area (Å²) >= 11 is 0. The lowest BCUT2D eigenvalue weighted by atomic mass is 10.2. The third kappa shape index (κ3) is 1.59. The molecule has 1 heterocycles. The predicted molar refractivity (Wildman–Crippen MR) is 49.4 cm³/mol. The zero-order valence-electron chi connectivity index (χ0n) is 7.77. The van der Waals surface area contributed by atoms with Crippen LogP contribution in [0.4, 0.5) is 0 Å². The van der Waals surface area contributed by atoms with Crippen molar-refractivity contribution in [1.29, 1.82) is 0 Å². The topological polar surface area (TPSA) is 50.1 Å². The van der Waals surface area contributed by atoms with E-state index in [0.29, 0.717) is 6.04 Å². The van der Waals surface area contributed by atoms with Gasteiger partial charge in [0.05, 0.1) is 24.7 Å². The van der Waals surface area contributed by atoms with Gasteiger partial charge in [-0.15, -0.1) is 0 Å². The zero-order valence-corrected chi connectivity index (χ0v) is 7.77. The number of rotatable bonds is 4. The first-order valence-corrected chi connectivity index (χ1v) is 4.66. The molecule has 1 aliphatic rings. The largest absolute Gasteiger partial charge is 0.394 e. The average Bonchev–Trinajstić information content (AvgIpc) is 2.89. The van der Waals surface area contributed by atoms with Gasteiger partial charge in [-0.25, -0.2) is 4.98 Å². The summed E-state index contributed by atoms with van der Waals surface area (Å²) in [7, 11) is 1.85. The fourth-order valence-corrected chi connectivity index (χ4v) is 1.58. The predicted octanol–water partition coefficient (Wildman–Crippen LogP) is 0.471. The highest BCUT2D eigenvalue weighted by Gasteiger charge is 2.27. The van der Waals surface area contributed by atoms with Crippen molar-refractivity contribution >= 4 is 0 Å². The molecule has 1 atom stereocenters. The van der Waals surface area contributed by atoms with E-state index in [9.17, 15) is 0 Å². The Morgan fingerprint density at radius 1 is 1.77 bits per heavy atom. The monoisotopic (exact) mass is 181 g/mol. The third-order valence-electron chi connectivity index (χ3n) is 2.52. The van der Waals surface area contributed by atoms with Gasteiger partial charge in [0.1, 0.15) is 0 Å². The molecule has 72 valence electrons. The summed E-state index contributed by atoms with van der Waals surface area (Å²) in [5.41, 5.74) is 1.09. The highest BCUT2D eigenvalue weighted by molar-refractivity contribution is 5.08. The van der Waals surface area contributed by atoms with Crippen LogP contribution in [0.3, 0.4) is 0 Å². The molecule has 1 aromatic rings. The first-order valence-electron chi connectivity index (χ1n) is 4.66. The minimum atomic E-state index is 0.0168. The maximum atomic E-state index is 9.12. The van der Waals surface area contributed by atoms with E-state index in [4.69, 9.17) is 5.11 Å². The van der Waals surface area contributed by atoms with Gasteiger partial charge in [0.2, 0.25) is 0 Å². The Hall–Kier alpha value is -0.870. The van der Waals surface area contributed by atoms with Crippen LogP contribution in [0.1, 0.15) is 30.6 Å². The van der Waals surface area contributed by atoms with Gasteiger partial charge in [-0.2, -0.15) is 0 Å². The van der Waals surface area contributed by atoms with Crippen molar-refractivity contribution in [3.05, 3.63) is 18.2 Å². The molecule has 4 heteroatoms. The second kappa shape index (κ2) is 3.47. The Morgan fingerprint density at radius 2 is 2.54 bits per heavy atom. The molecule has 2 N–H and O–H groups in total. The lowest BCUT2D eigenvalue weighted by molar-refractivity contribution is 0.245. The summed E-state index contributed by atoms with van der Waals surface area (Å²) in [6.07, 6.45) is 6.17. The molecule has 0 spiro atoms. The van der Waals surface area contributed by atoms with E-state index in [0.717, 1.165) is 5.69 Å². The van der Waals surface area contributed by atoms with Crippen molar-refractivity contribution in [2.75, 3.05) is 13.7 Å². The molecule has 0 saturated heterocycles. The minimum Gasteiger partial charge on any atom is -0.394 e. The third-order valence-corrected chi connectivity index (χ3v) is 2.52. The van der Waals surface area contributed by atoms with Gasteiger partial charge in [0.15, 0.2) is 0 Å². The van der Waals surface area contributed by atoms with Gasteiger partial charge in [-0.05, 0) is 19.9 Å². The molecule has 0 amide bonds. The van der Waals surface area contributed by atoms with E-state index in [1.165, 1.54) is 12.8 Å². The van der Waals surface area contributed by atoms with Gasteiger partial charge in [0.25, 0.3) is 0 Å². The van der Waals surface area contributed by atoms with Crippen molar-refractivity contribution in [3.63, 3.8) is 0 Å². The maximum absolute atomic E-state index is 9.12. The van der Waals surface area contributed by atoms with Crippen LogP contribution < -0.4 is 5.32 Å². The molecular weight excluding hydrogens is 166 g/mol. The summed E-state index contributed by atoms with van der Waals surface area (Å²) < 4.78 is 2.16. The number of nitrogens with one attached hydrogen (secondary N) is 1. The molecule has 2 rings (SSSR count). The standard InChI is InChI=1S/C9H15N3O/c1-10-8(5-13)9-4-11-6-12(9)7-2-3-7/h4,6-8,10,13H,2-3,5H2,1H3.